The van der Waals surface area contributed by atoms with Gasteiger partial charge in [-0.05, 0) is 43.5 Å². The van der Waals surface area contributed by atoms with Crippen molar-refractivity contribution in [3.63, 3.8) is 0 Å². The van der Waals surface area contributed by atoms with E-state index in [1.807, 2.05) is 6.92 Å². The number of benzene rings is 1. The molecule has 2 rings (SSSR count). The fourth-order valence-electron chi connectivity index (χ4n) is 1.76. The van der Waals surface area contributed by atoms with Gasteiger partial charge in [0.1, 0.15) is 0 Å². The van der Waals surface area contributed by atoms with Gasteiger partial charge in [-0.3, -0.25) is 9.78 Å². The highest BCUT2D eigenvalue weighted by Gasteiger charge is 2.05. The fourth-order valence-corrected chi connectivity index (χ4v) is 1.76. The van der Waals surface area contributed by atoms with Gasteiger partial charge in [0.2, 0.25) is 0 Å². The van der Waals surface area contributed by atoms with Crippen LogP contribution in [0, 0.1) is 20.8 Å². The zero-order valence-electron chi connectivity index (χ0n) is 9.66. The molecule has 2 aromatic rings. The van der Waals surface area contributed by atoms with Gasteiger partial charge in [-0.15, -0.1) is 0 Å². The monoisotopic (exact) mass is 214 g/mol. The molecule has 0 radical (unpaired) electrons. The molecule has 0 spiro atoms. The maximum atomic E-state index is 11.2. The topological polar surface area (TPSA) is 45.8 Å². The summed E-state index contributed by atoms with van der Waals surface area (Å²) in [7, 11) is 0. The van der Waals surface area contributed by atoms with Gasteiger partial charge in [-0.1, -0.05) is 6.07 Å². The Labute approximate surface area is 94.2 Å². The number of nitrogens with zero attached hydrogens (tertiary/aromatic N) is 1. The molecule has 1 aromatic carbocycles. The number of H-pyrrole nitrogens is 1. The number of rotatable bonds is 1. The Kier molecular flexibility index (Phi) is 2.60. The van der Waals surface area contributed by atoms with Crippen LogP contribution in [0.1, 0.15) is 16.7 Å². The molecule has 3 heteroatoms. The van der Waals surface area contributed by atoms with Gasteiger partial charge in [-0.2, -0.15) is 0 Å². The molecule has 0 bridgehead atoms. The van der Waals surface area contributed by atoms with Crippen LogP contribution in [0.15, 0.2) is 29.3 Å². The molecule has 1 heterocycles. The summed E-state index contributed by atoms with van der Waals surface area (Å²) < 4.78 is 0. The Morgan fingerprint density at radius 1 is 1.00 bits per heavy atom. The van der Waals surface area contributed by atoms with Crippen LogP contribution in [0.3, 0.4) is 0 Å². The van der Waals surface area contributed by atoms with Gasteiger partial charge in [0.05, 0.1) is 18.1 Å². The van der Waals surface area contributed by atoms with E-state index in [4.69, 9.17) is 0 Å². The molecule has 0 unspecified atom stereocenters. The van der Waals surface area contributed by atoms with E-state index in [1.54, 1.807) is 6.20 Å². The zero-order chi connectivity index (χ0) is 11.7. The zero-order valence-corrected chi connectivity index (χ0v) is 9.66. The van der Waals surface area contributed by atoms with E-state index in [2.05, 4.69) is 35.9 Å². The van der Waals surface area contributed by atoms with Crippen molar-refractivity contribution in [3.8, 4) is 11.3 Å². The first-order chi connectivity index (χ1) is 7.58. The SMILES string of the molecule is Cc1cc(C)c(-c2cncc(=O)[nH]2)cc1C. The molecule has 0 atom stereocenters. The third kappa shape index (κ3) is 1.89. The summed E-state index contributed by atoms with van der Waals surface area (Å²) in [5.74, 6) is 0. The molecule has 1 N–H and O–H groups in total. The van der Waals surface area contributed by atoms with Crippen molar-refractivity contribution >= 4 is 0 Å². The van der Waals surface area contributed by atoms with Gasteiger partial charge in [-0.25, -0.2) is 0 Å². The normalized spacial score (nSPS) is 10.4. The second kappa shape index (κ2) is 3.93. The predicted octanol–water partition coefficient (Wildman–Crippen LogP) is 2.36. The highest BCUT2D eigenvalue weighted by atomic mass is 16.1. The number of aromatic nitrogens is 2. The summed E-state index contributed by atoms with van der Waals surface area (Å²) in [6.07, 6.45) is 2.96. The standard InChI is InChI=1S/C13H14N2O/c1-8-4-10(3)11(5-9(8)2)12-6-14-7-13(16)15-12/h4-7H,1-3H3,(H,15,16). The second-order valence-corrected chi connectivity index (χ2v) is 4.06. The lowest BCUT2D eigenvalue weighted by Crippen LogP contribution is -2.06. The van der Waals surface area contributed by atoms with Crippen LogP contribution < -0.4 is 5.56 Å². The Balaban J connectivity index is 2.65. The van der Waals surface area contributed by atoms with Crippen molar-refractivity contribution in [3.05, 3.63) is 51.6 Å². The summed E-state index contributed by atoms with van der Waals surface area (Å²) in [5, 5.41) is 0. The Morgan fingerprint density at radius 3 is 2.38 bits per heavy atom. The van der Waals surface area contributed by atoms with Crippen molar-refractivity contribution < 1.29 is 0 Å². The van der Waals surface area contributed by atoms with Gasteiger partial charge in [0.25, 0.3) is 5.56 Å². The molecule has 0 saturated heterocycles. The van der Waals surface area contributed by atoms with Crippen LogP contribution in [0.5, 0.6) is 0 Å². The molecular formula is C13H14N2O. The van der Waals surface area contributed by atoms with Gasteiger partial charge >= 0.3 is 0 Å². The average Bonchev–Trinajstić information content (AvgIpc) is 2.23. The third-order valence-corrected chi connectivity index (χ3v) is 2.78. The van der Waals surface area contributed by atoms with Crippen molar-refractivity contribution in [2.75, 3.05) is 0 Å². The predicted molar refractivity (Wildman–Crippen MR) is 64.5 cm³/mol. The lowest BCUT2D eigenvalue weighted by molar-refractivity contribution is 1.14. The van der Waals surface area contributed by atoms with Crippen LogP contribution >= 0.6 is 0 Å². The first kappa shape index (κ1) is 10.6. The van der Waals surface area contributed by atoms with E-state index >= 15 is 0 Å². The van der Waals surface area contributed by atoms with E-state index in [9.17, 15) is 4.79 Å². The van der Waals surface area contributed by atoms with Gasteiger partial charge in [0.15, 0.2) is 0 Å². The minimum Gasteiger partial charge on any atom is -0.319 e. The summed E-state index contributed by atoms with van der Waals surface area (Å²) in [6.45, 7) is 6.18. The van der Waals surface area contributed by atoms with Crippen molar-refractivity contribution in [2.24, 2.45) is 0 Å². The van der Waals surface area contributed by atoms with Crippen LogP contribution in [-0.2, 0) is 0 Å². The maximum Gasteiger partial charge on any atom is 0.266 e. The number of aromatic amines is 1. The smallest absolute Gasteiger partial charge is 0.266 e. The molecule has 1 aromatic heterocycles. The maximum absolute atomic E-state index is 11.2. The number of hydrogen-bond donors (Lipinski definition) is 1. The molecular weight excluding hydrogens is 200 g/mol. The minimum absolute atomic E-state index is 0.171. The minimum atomic E-state index is -0.171. The number of aryl methyl sites for hydroxylation is 3. The van der Waals surface area contributed by atoms with Crippen molar-refractivity contribution in [1.82, 2.24) is 9.97 Å². The quantitative estimate of drug-likeness (QED) is 0.792. The number of nitrogens with one attached hydrogen (secondary N) is 1. The Bertz CT molecular complexity index is 585. The lowest BCUT2D eigenvalue weighted by atomic mass is 9.99. The van der Waals surface area contributed by atoms with Crippen molar-refractivity contribution in [1.29, 1.82) is 0 Å². The molecule has 0 amide bonds. The van der Waals surface area contributed by atoms with E-state index < -0.39 is 0 Å². The van der Waals surface area contributed by atoms with Crippen molar-refractivity contribution in [2.45, 2.75) is 20.8 Å². The summed E-state index contributed by atoms with van der Waals surface area (Å²) >= 11 is 0. The van der Waals surface area contributed by atoms with Crippen LogP contribution in [0.25, 0.3) is 11.3 Å². The van der Waals surface area contributed by atoms with Gasteiger partial charge < -0.3 is 4.98 Å². The Hall–Kier alpha value is -1.90. The fraction of sp³-hybridized carbons (Fsp3) is 0.231. The molecule has 0 saturated carbocycles. The summed E-state index contributed by atoms with van der Waals surface area (Å²) in [5.41, 5.74) is 5.25. The second-order valence-electron chi connectivity index (χ2n) is 4.06. The highest BCUT2D eigenvalue weighted by molar-refractivity contribution is 5.64. The largest absolute Gasteiger partial charge is 0.319 e. The lowest BCUT2D eigenvalue weighted by Gasteiger charge is -2.09. The van der Waals surface area contributed by atoms with Crippen LogP contribution in [0.2, 0.25) is 0 Å². The Morgan fingerprint density at radius 2 is 1.69 bits per heavy atom. The molecule has 16 heavy (non-hydrogen) atoms. The average molecular weight is 214 g/mol. The molecule has 82 valence electrons. The van der Waals surface area contributed by atoms with Crippen LogP contribution in [-0.4, -0.2) is 9.97 Å². The molecule has 0 aliphatic carbocycles. The van der Waals surface area contributed by atoms with E-state index in [-0.39, 0.29) is 5.56 Å². The molecule has 0 aliphatic heterocycles. The molecule has 0 fully saturated rings. The van der Waals surface area contributed by atoms with E-state index in [1.165, 1.54) is 17.3 Å². The first-order valence-electron chi connectivity index (χ1n) is 5.20. The van der Waals surface area contributed by atoms with Gasteiger partial charge in [0, 0.05) is 5.56 Å². The van der Waals surface area contributed by atoms with E-state index in [0.717, 1.165) is 16.8 Å². The first-order valence-corrected chi connectivity index (χ1v) is 5.20. The highest BCUT2D eigenvalue weighted by Crippen LogP contribution is 2.23. The van der Waals surface area contributed by atoms with E-state index in [0.29, 0.717) is 0 Å². The third-order valence-electron chi connectivity index (χ3n) is 2.78. The van der Waals surface area contributed by atoms with Crippen LogP contribution in [0.4, 0.5) is 0 Å². The summed E-state index contributed by atoms with van der Waals surface area (Å²) in [4.78, 5) is 17.9. The molecule has 0 aliphatic rings. The molecule has 3 nitrogen and oxygen atoms in total. The summed E-state index contributed by atoms with van der Waals surface area (Å²) in [6, 6.07) is 4.20. The number of hydrogen-bond acceptors (Lipinski definition) is 2.